The first-order chi connectivity index (χ1) is 19.5. The number of amides is 2. The van der Waals surface area contributed by atoms with Crippen LogP contribution in [0.1, 0.15) is 109 Å². The lowest BCUT2D eigenvalue weighted by Crippen LogP contribution is -3.00. The summed E-state index contributed by atoms with van der Waals surface area (Å²) in [4.78, 5) is 26.1. The normalized spacial score (nSPS) is 10.5. The predicted octanol–water partition coefficient (Wildman–Crippen LogP) is 4.77. The Kier molecular flexibility index (Phi) is 19.9. The molecule has 0 saturated heterocycles. The molecule has 41 heavy (non-hydrogen) atoms. The van der Waals surface area contributed by atoms with Crippen molar-refractivity contribution in [2.24, 2.45) is 0 Å². The summed E-state index contributed by atoms with van der Waals surface area (Å²) in [5.74, 6) is 0.916. The zero-order valence-corrected chi connectivity index (χ0v) is 27.8. The highest BCUT2D eigenvalue weighted by molar-refractivity contribution is 5.90. The SMILES string of the molecule is CCCCCCCCCCCCCCOc1ccc(COC(=O)N(Cc2cccc[n+]2CC)C(C)=O)cc1OC.[I-]. The number of carbonyl (C=O) groups excluding carboxylic acids is 2. The second kappa shape index (κ2) is 22.3. The minimum atomic E-state index is -0.676. The first-order valence-corrected chi connectivity index (χ1v) is 15.2. The van der Waals surface area contributed by atoms with Crippen molar-refractivity contribution < 1.29 is 52.3 Å². The van der Waals surface area contributed by atoms with E-state index in [0.717, 1.165) is 29.1 Å². The number of pyridine rings is 1. The van der Waals surface area contributed by atoms with Crippen molar-refractivity contribution in [1.82, 2.24) is 4.90 Å². The number of nitrogens with zero attached hydrogens (tertiary/aromatic N) is 2. The molecule has 1 heterocycles. The minimum Gasteiger partial charge on any atom is -1.00 e. The Morgan fingerprint density at radius 1 is 0.829 bits per heavy atom. The average Bonchev–Trinajstić information content (AvgIpc) is 2.97. The van der Waals surface area contributed by atoms with Crippen LogP contribution in [0.4, 0.5) is 4.79 Å². The third kappa shape index (κ3) is 14.4. The van der Waals surface area contributed by atoms with E-state index >= 15 is 0 Å². The predicted molar refractivity (Wildman–Crippen MR) is 158 cm³/mol. The minimum absolute atomic E-state index is 0. The second-order valence-corrected chi connectivity index (χ2v) is 10.4. The smallest absolute Gasteiger partial charge is 0.417 e. The molecule has 8 heteroatoms. The van der Waals surface area contributed by atoms with Crippen LogP contribution in [0.5, 0.6) is 11.5 Å². The molecule has 0 N–H and O–H groups in total. The van der Waals surface area contributed by atoms with Crippen molar-refractivity contribution in [2.75, 3.05) is 13.7 Å². The lowest BCUT2D eigenvalue weighted by molar-refractivity contribution is -0.701. The van der Waals surface area contributed by atoms with E-state index in [4.69, 9.17) is 14.2 Å². The summed E-state index contributed by atoms with van der Waals surface area (Å²) in [5, 5.41) is 0. The van der Waals surface area contributed by atoms with Gasteiger partial charge in [0.05, 0.1) is 13.7 Å². The molecule has 2 amide bonds. The lowest BCUT2D eigenvalue weighted by atomic mass is 10.1. The van der Waals surface area contributed by atoms with Crippen LogP contribution >= 0.6 is 0 Å². The van der Waals surface area contributed by atoms with Gasteiger partial charge in [0, 0.05) is 19.1 Å². The molecule has 7 nitrogen and oxygen atoms in total. The van der Waals surface area contributed by atoms with Gasteiger partial charge in [-0.15, -0.1) is 0 Å². The number of unbranched alkanes of at least 4 members (excludes halogenated alkanes) is 11. The highest BCUT2D eigenvalue weighted by Crippen LogP contribution is 2.29. The number of imide groups is 1. The van der Waals surface area contributed by atoms with E-state index in [1.165, 1.54) is 77.6 Å². The van der Waals surface area contributed by atoms with Crippen LogP contribution in [0.3, 0.4) is 0 Å². The van der Waals surface area contributed by atoms with Gasteiger partial charge in [-0.05, 0) is 31.0 Å². The van der Waals surface area contributed by atoms with Gasteiger partial charge in [0.15, 0.2) is 17.7 Å². The number of ether oxygens (including phenoxy) is 3. The van der Waals surface area contributed by atoms with Crippen molar-refractivity contribution in [3.05, 3.63) is 53.9 Å². The fourth-order valence-corrected chi connectivity index (χ4v) is 4.70. The van der Waals surface area contributed by atoms with E-state index < -0.39 is 6.09 Å². The zero-order valence-electron chi connectivity index (χ0n) is 25.7. The molecule has 1 aromatic heterocycles. The summed E-state index contributed by atoms with van der Waals surface area (Å²) in [7, 11) is 1.60. The Morgan fingerprint density at radius 2 is 1.46 bits per heavy atom. The largest absolute Gasteiger partial charge is 1.00 e. The maximum Gasteiger partial charge on any atom is 0.417 e. The molecular formula is C33H51IN2O5. The molecule has 230 valence electrons. The van der Waals surface area contributed by atoms with Crippen LogP contribution in [-0.2, 0) is 29.2 Å². The molecule has 0 aliphatic carbocycles. The third-order valence-corrected chi connectivity index (χ3v) is 7.14. The summed E-state index contributed by atoms with van der Waals surface area (Å²) in [6.07, 6.45) is 16.9. The molecule has 0 spiro atoms. The van der Waals surface area contributed by atoms with E-state index in [9.17, 15) is 9.59 Å². The van der Waals surface area contributed by atoms with Crippen LogP contribution in [0.25, 0.3) is 0 Å². The average molecular weight is 683 g/mol. The van der Waals surface area contributed by atoms with E-state index in [0.29, 0.717) is 18.1 Å². The van der Waals surface area contributed by atoms with E-state index in [1.807, 2.05) is 54.1 Å². The highest BCUT2D eigenvalue weighted by atomic mass is 127. The quantitative estimate of drug-likeness (QED) is 0.114. The van der Waals surface area contributed by atoms with Gasteiger partial charge >= 0.3 is 6.09 Å². The summed E-state index contributed by atoms with van der Waals surface area (Å²) >= 11 is 0. The summed E-state index contributed by atoms with van der Waals surface area (Å²) in [6, 6.07) is 11.2. The molecule has 0 aliphatic heterocycles. The number of aromatic nitrogens is 1. The summed E-state index contributed by atoms with van der Waals surface area (Å²) in [5.41, 5.74) is 1.61. The molecule has 0 unspecified atom stereocenters. The Morgan fingerprint density at radius 3 is 2.05 bits per heavy atom. The van der Waals surface area contributed by atoms with E-state index in [-0.39, 0.29) is 43.0 Å². The lowest BCUT2D eigenvalue weighted by Gasteiger charge is -2.18. The van der Waals surface area contributed by atoms with Gasteiger partial charge in [-0.1, -0.05) is 89.7 Å². The molecule has 0 aliphatic rings. The van der Waals surface area contributed by atoms with Crippen molar-refractivity contribution in [1.29, 1.82) is 0 Å². The molecule has 0 atom stereocenters. The molecule has 1 aromatic carbocycles. The van der Waals surface area contributed by atoms with Gasteiger partial charge in [0.1, 0.15) is 19.7 Å². The molecule has 0 saturated carbocycles. The van der Waals surface area contributed by atoms with Crippen molar-refractivity contribution >= 4 is 12.0 Å². The number of hydrogen-bond donors (Lipinski definition) is 0. The highest BCUT2D eigenvalue weighted by Gasteiger charge is 2.24. The number of aryl methyl sites for hydroxylation is 1. The topological polar surface area (TPSA) is 69.0 Å². The van der Waals surface area contributed by atoms with E-state index in [1.54, 1.807) is 7.11 Å². The number of hydrogen-bond acceptors (Lipinski definition) is 5. The monoisotopic (exact) mass is 682 g/mol. The van der Waals surface area contributed by atoms with Crippen molar-refractivity contribution in [2.45, 2.75) is 118 Å². The molecule has 2 aromatic rings. The van der Waals surface area contributed by atoms with Crippen LogP contribution in [-0.4, -0.2) is 30.6 Å². The number of benzene rings is 1. The molecule has 0 fully saturated rings. The standard InChI is InChI=1S/C33H51N2O5.HI/c1-5-7-8-9-10-11-12-13-14-15-16-19-24-39-31-22-21-29(25-32(31)38-4)27-40-33(37)35(28(3)36)26-30-20-17-18-23-34(30)6-2;/h17-18,20-23,25H,5-16,19,24,26-27H2,1-4H3;1H/q+1;/p-1. The maximum absolute atomic E-state index is 12.8. The van der Waals surface area contributed by atoms with E-state index in [2.05, 4.69) is 6.92 Å². The van der Waals surface area contributed by atoms with Crippen LogP contribution in [0.15, 0.2) is 42.6 Å². The Labute approximate surface area is 265 Å². The molecule has 0 radical (unpaired) electrons. The zero-order chi connectivity index (χ0) is 29.0. The molecule has 0 bridgehead atoms. The second-order valence-electron chi connectivity index (χ2n) is 10.4. The maximum atomic E-state index is 12.8. The van der Waals surface area contributed by atoms with Gasteiger partial charge in [0.2, 0.25) is 11.6 Å². The summed E-state index contributed by atoms with van der Waals surface area (Å²) < 4.78 is 19.0. The third-order valence-electron chi connectivity index (χ3n) is 7.14. The van der Waals surface area contributed by atoms with Crippen LogP contribution in [0.2, 0.25) is 0 Å². The Balaban J connectivity index is 0.00000840. The first-order valence-electron chi connectivity index (χ1n) is 15.2. The number of halogens is 1. The number of rotatable bonds is 20. The van der Waals surface area contributed by atoms with Crippen molar-refractivity contribution in [3.8, 4) is 11.5 Å². The summed E-state index contributed by atoms with van der Waals surface area (Å²) in [6.45, 7) is 7.21. The van der Waals surface area contributed by atoms with Crippen molar-refractivity contribution in [3.63, 3.8) is 0 Å². The fourth-order valence-electron chi connectivity index (χ4n) is 4.70. The van der Waals surface area contributed by atoms with Gasteiger partial charge in [0.25, 0.3) is 0 Å². The first kappa shape index (κ1) is 36.7. The number of methoxy groups -OCH3 is 1. The van der Waals surface area contributed by atoms with Gasteiger partial charge in [-0.2, -0.15) is 0 Å². The Bertz CT molecular complexity index is 1020. The molecule has 2 rings (SSSR count). The van der Waals surface area contributed by atoms with Crippen LogP contribution in [0, 0.1) is 0 Å². The Hall–Kier alpha value is -2.36. The molecular weight excluding hydrogens is 631 g/mol. The van der Waals surface area contributed by atoms with Crippen LogP contribution < -0.4 is 38.0 Å². The van der Waals surface area contributed by atoms with Gasteiger partial charge < -0.3 is 38.2 Å². The fraction of sp³-hybridized carbons (Fsp3) is 0.606. The van der Waals surface area contributed by atoms with Gasteiger partial charge in [-0.3, -0.25) is 4.79 Å². The van der Waals surface area contributed by atoms with Gasteiger partial charge in [-0.25, -0.2) is 14.3 Å². The number of carbonyl (C=O) groups is 2.